The minimum atomic E-state index is 0.458. The number of aromatic nitrogens is 5. The lowest BCUT2D eigenvalue weighted by atomic mass is 10.2. The van der Waals surface area contributed by atoms with Crippen LogP contribution in [-0.2, 0) is 12.3 Å². The average Bonchev–Trinajstić information content (AvgIpc) is 3.23. The molecule has 1 aliphatic rings. The van der Waals surface area contributed by atoms with E-state index in [1.54, 1.807) is 10.9 Å². The fourth-order valence-electron chi connectivity index (χ4n) is 1.90. The number of nitriles is 1. The Labute approximate surface area is 126 Å². The zero-order valence-corrected chi connectivity index (χ0v) is 12.3. The number of pyridine rings is 1. The standard InChI is InChI=1S/C13H15N7S/c14-8-12-10(2-1-5-16-12)9-21-13-17-18-19-20(13)7-6-15-11-3-4-11/h1-2,5,11,15H,3-4,6-7,9H2. The second-order valence-electron chi connectivity index (χ2n) is 4.82. The van der Waals surface area contributed by atoms with Crippen LogP contribution in [0.2, 0.25) is 0 Å². The molecule has 0 aromatic carbocycles. The van der Waals surface area contributed by atoms with Gasteiger partial charge >= 0.3 is 0 Å². The predicted octanol–water partition coefficient (Wildman–Crippen LogP) is 0.984. The quantitative estimate of drug-likeness (QED) is 0.762. The maximum Gasteiger partial charge on any atom is 0.209 e. The van der Waals surface area contributed by atoms with Crippen LogP contribution in [0, 0.1) is 11.3 Å². The second-order valence-corrected chi connectivity index (χ2v) is 5.77. The van der Waals surface area contributed by atoms with Crippen molar-refractivity contribution in [3.05, 3.63) is 29.6 Å². The number of rotatable bonds is 7. The van der Waals surface area contributed by atoms with Crippen molar-refractivity contribution in [2.75, 3.05) is 6.54 Å². The molecule has 0 aliphatic heterocycles. The molecule has 0 amide bonds. The minimum Gasteiger partial charge on any atom is -0.312 e. The van der Waals surface area contributed by atoms with Gasteiger partial charge in [-0.3, -0.25) is 0 Å². The maximum absolute atomic E-state index is 9.03. The topological polar surface area (TPSA) is 92.3 Å². The summed E-state index contributed by atoms with van der Waals surface area (Å²) in [5, 5.41) is 25.0. The summed E-state index contributed by atoms with van der Waals surface area (Å²) in [7, 11) is 0. The molecule has 108 valence electrons. The first-order valence-corrected chi connectivity index (χ1v) is 7.81. The number of nitrogens with zero attached hydrogens (tertiary/aromatic N) is 6. The largest absolute Gasteiger partial charge is 0.312 e. The molecule has 0 atom stereocenters. The van der Waals surface area contributed by atoms with E-state index in [4.69, 9.17) is 5.26 Å². The molecule has 0 unspecified atom stereocenters. The van der Waals surface area contributed by atoms with Gasteiger partial charge in [-0.1, -0.05) is 17.8 Å². The summed E-state index contributed by atoms with van der Waals surface area (Å²) in [5.74, 6) is 0.632. The van der Waals surface area contributed by atoms with E-state index in [1.807, 2.05) is 12.1 Å². The van der Waals surface area contributed by atoms with E-state index >= 15 is 0 Å². The Morgan fingerprint density at radius 2 is 2.38 bits per heavy atom. The second kappa shape index (κ2) is 6.65. The van der Waals surface area contributed by atoms with E-state index in [0.717, 1.165) is 23.8 Å². The fraction of sp³-hybridized carbons (Fsp3) is 0.462. The molecular weight excluding hydrogens is 286 g/mol. The Morgan fingerprint density at radius 3 is 3.19 bits per heavy atom. The summed E-state index contributed by atoms with van der Waals surface area (Å²) in [4.78, 5) is 4.05. The van der Waals surface area contributed by atoms with Crippen molar-refractivity contribution >= 4 is 11.8 Å². The first-order valence-electron chi connectivity index (χ1n) is 6.83. The Balaban J connectivity index is 1.57. The lowest BCUT2D eigenvalue weighted by Gasteiger charge is -2.05. The summed E-state index contributed by atoms with van der Waals surface area (Å²) in [6.45, 7) is 1.63. The molecule has 1 N–H and O–H groups in total. The van der Waals surface area contributed by atoms with Gasteiger partial charge in [0.15, 0.2) is 0 Å². The molecule has 2 aromatic rings. The van der Waals surface area contributed by atoms with Crippen LogP contribution < -0.4 is 5.32 Å². The van der Waals surface area contributed by atoms with Crippen molar-refractivity contribution in [3.63, 3.8) is 0 Å². The van der Waals surface area contributed by atoms with E-state index in [0.29, 0.717) is 17.5 Å². The highest BCUT2D eigenvalue weighted by molar-refractivity contribution is 7.98. The first kappa shape index (κ1) is 14.0. The molecule has 7 nitrogen and oxygen atoms in total. The smallest absolute Gasteiger partial charge is 0.209 e. The molecule has 0 saturated heterocycles. The summed E-state index contributed by atoms with van der Waals surface area (Å²) >= 11 is 1.52. The highest BCUT2D eigenvalue weighted by Crippen LogP contribution is 2.21. The third-order valence-electron chi connectivity index (χ3n) is 3.19. The van der Waals surface area contributed by atoms with Crippen LogP contribution in [0.15, 0.2) is 23.5 Å². The summed E-state index contributed by atoms with van der Waals surface area (Å²) in [6, 6.07) is 6.52. The first-order chi connectivity index (χ1) is 10.4. The van der Waals surface area contributed by atoms with E-state index in [2.05, 4.69) is 31.9 Å². The van der Waals surface area contributed by atoms with Gasteiger partial charge in [0.2, 0.25) is 5.16 Å². The van der Waals surface area contributed by atoms with Crippen molar-refractivity contribution in [1.29, 1.82) is 5.26 Å². The highest BCUT2D eigenvalue weighted by atomic mass is 32.2. The van der Waals surface area contributed by atoms with Gasteiger partial charge in [-0.2, -0.15) is 5.26 Å². The van der Waals surface area contributed by atoms with E-state index in [1.165, 1.54) is 24.6 Å². The summed E-state index contributed by atoms with van der Waals surface area (Å²) in [5.41, 5.74) is 1.36. The van der Waals surface area contributed by atoms with Crippen LogP contribution in [0.3, 0.4) is 0 Å². The lowest BCUT2D eigenvalue weighted by molar-refractivity contribution is 0.509. The van der Waals surface area contributed by atoms with E-state index < -0.39 is 0 Å². The Bertz CT molecular complexity index is 644. The van der Waals surface area contributed by atoms with Gasteiger partial charge in [0, 0.05) is 24.5 Å². The number of hydrogen-bond donors (Lipinski definition) is 1. The number of hydrogen-bond acceptors (Lipinski definition) is 7. The third kappa shape index (κ3) is 3.77. The lowest BCUT2D eigenvalue weighted by Crippen LogP contribution is -2.22. The molecule has 0 radical (unpaired) electrons. The number of thioether (sulfide) groups is 1. The number of tetrazole rings is 1. The zero-order chi connectivity index (χ0) is 14.5. The summed E-state index contributed by atoms with van der Waals surface area (Å²) < 4.78 is 1.79. The minimum absolute atomic E-state index is 0.458. The Kier molecular flexibility index (Phi) is 4.43. The molecule has 2 heterocycles. The number of nitrogens with one attached hydrogen (secondary N) is 1. The van der Waals surface area contributed by atoms with Gasteiger partial charge in [0.1, 0.15) is 11.8 Å². The Hall–Kier alpha value is -1.98. The molecule has 3 rings (SSSR count). The Morgan fingerprint density at radius 1 is 1.48 bits per heavy atom. The van der Waals surface area contributed by atoms with Crippen LogP contribution >= 0.6 is 11.8 Å². The van der Waals surface area contributed by atoms with Crippen molar-refractivity contribution in [2.45, 2.75) is 36.3 Å². The van der Waals surface area contributed by atoms with Crippen molar-refractivity contribution in [2.24, 2.45) is 0 Å². The highest BCUT2D eigenvalue weighted by Gasteiger charge is 2.20. The van der Waals surface area contributed by atoms with Crippen LogP contribution in [0.4, 0.5) is 0 Å². The molecule has 1 aliphatic carbocycles. The summed E-state index contributed by atoms with van der Waals surface area (Å²) in [6.07, 6.45) is 4.17. The van der Waals surface area contributed by atoms with Crippen molar-refractivity contribution < 1.29 is 0 Å². The normalized spacial score (nSPS) is 14.0. The van der Waals surface area contributed by atoms with Crippen molar-refractivity contribution in [3.8, 4) is 6.07 Å². The zero-order valence-electron chi connectivity index (χ0n) is 11.4. The van der Waals surface area contributed by atoms with Gasteiger partial charge in [-0.25, -0.2) is 9.67 Å². The molecule has 0 spiro atoms. The van der Waals surface area contributed by atoms with Gasteiger partial charge in [0.05, 0.1) is 6.54 Å². The fourth-order valence-corrected chi connectivity index (χ4v) is 2.79. The van der Waals surface area contributed by atoms with E-state index in [9.17, 15) is 0 Å². The molecule has 1 fully saturated rings. The van der Waals surface area contributed by atoms with Gasteiger partial charge in [0.25, 0.3) is 0 Å². The SMILES string of the molecule is N#Cc1ncccc1CSc1nnnn1CCNC1CC1. The predicted molar refractivity (Wildman–Crippen MR) is 77.4 cm³/mol. The van der Waals surface area contributed by atoms with E-state index in [-0.39, 0.29) is 0 Å². The average molecular weight is 301 g/mol. The molecule has 8 heteroatoms. The van der Waals surface area contributed by atoms with Crippen LogP contribution in [0.25, 0.3) is 0 Å². The van der Waals surface area contributed by atoms with Crippen LogP contribution in [0.1, 0.15) is 24.1 Å². The molecule has 0 bridgehead atoms. The van der Waals surface area contributed by atoms with Crippen molar-refractivity contribution in [1.82, 2.24) is 30.5 Å². The monoisotopic (exact) mass is 301 g/mol. The maximum atomic E-state index is 9.03. The molecule has 1 saturated carbocycles. The molecular formula is C13H15N7S. The third-order valence-corrected chi connectivity index (χ3v) is 4.19. The van der Waals surface area contributed by atoms with Gasteiger partial charge in [-0.15, -0.1) is 5.10 Å². The van der Waals surface area contributed by atoms with Gasteiger partial charge < -0.3 is 5.32 Å². The van der Waals surface area contributed by atoms with Crippen LogP contribution in [0.5, 0.6) is 0 Å². The van der Waals surface area contributed by atoms with Crippen LogP contribution in [-0.4, -0.2) is 37.8 Å². The molecule has 21 heavy (non-hydrogen) atoms. The molecule has 2 aromatic heterocycles. The van der Waals surface area contributed by atoms with Gasteiger partial charge in [-0.05, 0) is 34.9 Å².